The zero-order valence-corrected chi connectivity index (χ0v) is 9.66. The summed E-state index contributed by atoms with van der Waals surface area (Å²) < 4.78 is 1.67. The number of carbonyl (C=O) groups is 1. The molecule has 0 radical (unpaired) electrons. The number of rotatable bonds is 3. The monoisotopic (exact) mass is 225 g/mol. The quantitative estimate of drug-likeness (QED) is 0.776. The molecule has 15 heavy (non-hydrogen) atoms. The van der Waals surface area contributed by atoms with Crippen molar-refractivity contribution < 1.29 is 4.79 Å². The van der Waals surface area contributed by atoms with E-state index in [2.05, 4.69) is 10.1 Å². The lowest BCUT2D eigenvalue weighted by molar-refractivity contribution is -0.118. The maximum Gasteiger partial charge on any atom is 0.153 e. The van der Waals surface area contributed by atoms with E-state index in [0.717, 1.165) is 18.0 Å². The molecule has 2 heterocycles. The molecule has 4 nitrogen and oxygen atoms in total. The third kappa shape index (κ3) is 2.59. The predicted octanol–water partition coefficient (Wildman–Crippen LogP) is 1.21. The van der Waals surface area contributed by atoms with Gasteiger partial charge >= 0.3 is 0 Å². The molecule has 1 aliphatic rings. The van der Waals surface area contributed by atoms with Crippen LogP contribution in [0.3, 0.4) is 0 Å². The minimum atomic E-state index is 0.190. The number of carbonyl (C=O) groups excluding carboxylic acids is 1. The van der Waals surface area contributed by atoms with Crippen LogP contribution in [0.4, 0.5) is 0 Å². The fourth-order valence-electron chi connectivity index (χ4n) is 1.74. The molecular formula is C10H15N3OS. The van der Waals surface area contributed by atoms with Crippen LogP contribution in [0.15, 0.2) is 6.33 Å². The molecule has 0 saturated carbocycles. The van der Waals surface area contributed by atoms with Gasteiger partial charge < -0.3 is 0 Å². The Labute approximate surface area is 93.5 Å². The highest BCUT2D eigenvalue weighted by atomic mass is 32.2. The molecule has 1 fully saturated rings. The first-order chi connectivity index (χ1) is 7.27. The summed E-state index contributed by atoms with van der Waals surface area (Å²) in [7, 11) is 1.82. The average molecular weight is 225 g/mol. The molecule has 0 aromatic carbocycles. The van der Waals surface area contributed by atoms with E-state index in [0.29, 0.717) is 12.2 Å². The van der Waals surface area contributed by atoms with Crippen molar-refractivity contribution in [2.24, 2.45) is 7.05 Å². The van der Waals surface area contributed by atoms with Crippen molar-refractivity contribution in [2.75, 3.05) is 5.75 Å². The molecule has 0 spiro atoms. The van der Waals surface area contributed by atoms with Crippen LogP contribution in [0.5, 0.6) is 0 Å². The van der Waals surface area contributed by atoms with Gasteiger partial charge in [0.2, 0.25) is 0 Å². The van der Waals surface area contributed by atoms with E-state index in [1.807, 2.05) is 7.05 Å². The number of aromatic nitrogens is 3. The van der Waals surface area contributed by atoms with E-state index in [4.69, 9.17) is 0 Å². The Kier molecular flexibility index (Phi) is 3.41. The lowest BCUT2D eigenvalue weighted by atomic mass is 10.1. The SMILES string of the molecule is Cn1ncnc1CC(=O)C1CCCCS1. The Morgan fingerprint density at radius 1 is 1.67 bits per heavy atom. The van der Waals surface area contributed by atoms with Gasteiger partial charge in [-0.05, 0) is 18.6 Å². The largest absolute Gasteiger partial charge is 0.298 e. The first kappa shape index (κ1) is 10.7. The van der Waals surface area contributed by atoms with E-state index >= 15 is 0 Å². The molecule has 0 amide bonds. The lowest BCUT2D eigenvalue weighted by Gasteiger charge is -2.19. The predicted molar refractivity (Wildman–Crippen MR) is 59.8 cm³/mol. The van der Waals surface area contributed by atoms with E-state index in [1.165, 1.54) is 19.2 Å². The van der Waals surface area contributed by atoms with Gasteiger partial charge in [-0.1, -0.05) is 6.42 Å². The first-order valence-corrected chi connectivity index (χ1v) is 6.29. The summed E-state index contributed by atoms with van der Waals surface area (Å²) in [4.78, 5) is 16.0. The molecule has 1 atom stereocenters. The van der Waals surface area contributed by atoms with Gasteiger partial charge in [0.15, 0.2) is 5.78 Å². The van der Waals surface area contributed by atoms with Crippen LogP contribution >= 0.6 is 11.8 Å². The molecule has 1 aromatic rings. The van der Waals surface area contributed by atoms with Gasteiger partial charge in [0.25, 0.3) is 0 Å². The standard InChI is InChI=1S/C10H15N3OS/c1-13-10(11-7-12-13)6-8(14)9-4-2-3-5-15-9/h7,9H,2-6H2,1H3. The zero-order chi connectivity index (χ0) is 10.7. The van der Waals surface area contributed by atoms with Crippen LogP contribution in [0.25, 0.3) is 0 Å². The Bertz CT molecular complexity index is 344. The Balaban J connectivity index is 1.94. The first-order valence-electron chi connectivity index (χ1n) is 5.24. The number of ketones is 1. The van der Waals surface area contributed by atoms with Crippen LogP contribution in [-0.2, 0) is 18.3 Å². The Hall–Kier alpha value is -0.840. The molecule has 1 saturated heterocycles. The van der Waals surface area contributed by atoms with E-state index in [9.17, 15) is 4.79 Å². The van der Waals surface area contributed by atoms with Crippen molar-refractivity contribution in [3.8, 4) is 0 Å². The van der Waals surface area contributed by atoms with Gasteiger partial charge in [-0.15, -0.1) is 0 Å². The minimum Gasteiger partial charge on any atom is -0.298 e. The topological polar surface area (TPSA) is 47.8 Å². The summed E-state index contributed by atoms with van der Waals surface area (Å²) in [5.41, 5.74) is 0. The van der Waals surface area contributed by atoms with Crippen molar-refractivity contribution in [3.05, 3.63) is 12.2 Å². The highest BCUT2D eigenvalue weighted by Crippen LogP contribution is 2.26. The molecule has 2 rings (SSSR count). The second-order valence-corrected chi connectivity index (χ2v) is 5.11. The lowest BCUT2D eigenvalue weighted by Crippen LogP contribution is -2.23. The van der Waals surface area contributed by atoms with E-state index in [1.54, 1.807) is 16.4 Å². The Morgan fingerprint density at radius 2 is 2.53 bits per heavy atom. The van der Waals surface area contributed by atoms with Gasteiger partial charge in [0, 0.05) is 7.05 Å². The summed E-state index contributed by atoms with van der Waals surface area (Å²) in [6, 6.07) is 0. The number of Topliss-reactive ketones (excluding diaryl/α,β-unsaturated/α-hetero) is 1. The second-order valence-electron chi connectivity index (χ2n) is 3.80. The fraction of sp³-hybridized carbons (Fsp3) is 0.700. The molecule has 1 unspecified atom stereocenters. The van der Waals surface area contributed by atoms with Crippen molar-refractivity contribution in [2.45, 2.75) is 30.9 Å². The highest BCUT2D eigenvalue weighted by Gasteiger charge is 2.22. The van der Waals surface area contributed by atoms with E-state index in [-0.39, 0.29) is 5.25 Å². The molecule has 0 bridgehead atoms. The Morgan fingerprint density at radius 3 is 3.13 bits per heavy atom. The summed E-state index contributed by atoms with van der Waals surface area (Å²) in [6.07, 6.45) is 5.38. The van der Waals surface area contributed by atoms with Crippen LogP contribution in [0.2, 0.25) is 0 Å². The third-order valence-electron chi connectivity index (χ3n) is 2.68. The summed E-state index contributed by atoms with van der Waals surface area (Å²) in [5, 5.41) is 4.15. The van der Waals surface area contributed by atoms with Gasteiger partial charge in [-0.25, -0.2) is 4.98 Å². The maximum absolute atomic E-state index is 11.9. The minimum absolute atomic E-state index is 0.190. The number of thioether (sulfide) groups is 1. The zero-order valence-electron chi connectivity index (χ0n) is 8.85. The second kappa shape index (κ2) is 4.79. The maximum atomic E-state index is 11.9. The molecule has 82 valence electrons. The van der Waals surface area contributed by atoms with Crippen LogP contribution in [0, 0.1) is 0 Å². The van der Waals surface area contributed by atoms with Crippen molar-refractivity contribution in [3.63, 3.8) is 0 Å². The van der Waals surface area contributed by atoms with Crippen LogP contribution < -0.4 is 0 Å². The van der Waals surface area contributed by atoms with E-state index < -0.39 is 0 Å². The van der Waals surface area contributed by atoms with Gasteiger partial charge in [0.1, 0.15) is 12.2 Å². The van der Waals surface area contributed by atoms with Crippen molar-refractivity contribution in [1.82, 2.24) is 14.8 Å². The van der Waals surface area contributed by atoms with Crippen LogP contribution in [0.1, 0.15) is 25.1 Å². The molecule has 5 heteroatoms. The number of nitrogens with zero attached hydrogens (tertiary/aromatic N) is 3. The number of hydrogen-bond acceptors (Lipinski definition) is 4. The third-order valence-corrected chi connectivity index (χ3v) is 4.10. The normalized spacial score (nSPS) is 21.5. The molecule has 1 aliphatic heterocycles. The molecule has 0 N–H and O–H groups in total. The summed E-state index contributed by atoms with van der Waals surface area (Å²) in [5.74, 6) is 2.19. The van der Waals surface area contributed by atoms with Gasteiger partial charge in [-0.2, -0.15) is 16.9 Å². The number of aryl methyl sites for hydroxylation is 1. The molecule has 1 aromatic heterocycles. The van der Waals surface area contributed by atoms with Gasteiger partial charge in [-0.3, -0.25) is 9.48 Å². The van der Waals surface area contributed by atoms with Crippen molar-refractivity contribution >= 4 is 17.5 Å². The van der Waals surface area contributed by atoms with Crippen molar-refractivity contribution in [1.29, 1.82) is 0 Å². The highest BCUT2D eigenvalue weighted by molar-refractivity contribution is 8.00. The summed E-state index contributed by atoms with van der Waals surface area (Å²) in [6.45, 7) is 0. The average Bonchev–Trinajstić information content (AvgIpc) is 2.66. The summed E-state index contributed by atoms with van der Waals surface area (Å²) >= 11 is 1.79. The fourth-order valence-corrected chi connectivity index (χ4v) is 3.00. The number of hydrogen-bond donors (Lipinski definition) is 0. The van der Waals surface area contributed by atoms with Gasteiger partial charge in [0.05, 0.1) is 11.7 Å². The molecular weight excluding hydrogens is 210 g/mol. The smallest absolute Gasteiger partial charge is 0.153 e. The van der Waals surface area contributed by atoms with Crippen LogP contribution in [-0.4, -0.2) is 31.6 Å². The molecule has 0 aliphatic carbocycles.